The Labute approximate surface area is 135 Å². The second-order valence-corrected chi connectivity index (χ2v) is 5.86. The van der Waals surface area contributed by atoms with Gasteiger partial charge in [0.25, 0.3) is 0 Å². The van der Waals surface area contributed by atoms with E-state index in [1.54, 1.807) is 13.2 Å². The van der Waals surface area contributed by atoms with Gasteiger partial charge in [0.1, 0.15) is 5.75 Å². The molecule has 2 rings (SSSR count). The van der Waals surface area contributed by atoms with Gasteiger partial charge in [0.15, 0.2) is 0 Å². The smallest absolute Gasteiger partial charge is 0.121 e. The molecule has 112 valence electrons. The molecule has 0 aromatic heterocycles. The van der Waals surface area contributed by atoms with Gasteiger partial charge in [-0.1, -0.05) is 47.5 Å². The van der Waals surface area contributed by atoms with Crippen molar-refractivity contribution in [3.05, 3.63) is 63.1 Å². The normalized spacial score (nSPS) is 12.2. The quantitative estimate of drug-likeness (QED) is 0.873. The third-order valence-electron chi connectivity index (χ3n) is 3.67. The lowest BCUT2D eigenvalue weighted by atomic mass is 9.91. The lowest BCUT2D eigenvalue weighted by molar-refractivity contribution is 0.411. The van der Waals surface area contributed by atoms with Crippen molar-refractivity contribution in [2.24, 2.45) is 5.73 Å². The lowest BCUT2D eigenvalue weighted by Crippen LogP contribution is -2.15. The minimum absolute atomic E-state index is 0.200. The Kier molecular flexibility index (Phi) is 5.51. The fourth-order valence-electron chi connectivity index (χ4n) is 2.46. The molecule has 0 aliphatic carbocycles. The molecule has 0 aliphatic heterocycles. The van der Waals surface area contributed by atoms with Crippen LogP contribution in [0.4, 0.5) is 0 Å². The summed E-state index contributed by atoms with van der Waals surface area (Å²) in [5.41, 5.74) is 9.26. The van der Waals surface area contributed by atoms with Crippen LogP contribution in [-0.4, -0.2) is 13.7 Å². The Balaban J connectivity index is 2.28. The van der Waals surface area contributed by atoms with Crippen LogP contribution in [0, 0.1) is 6.92 Å². The van der Waals surface area contributed by atoms with Crippen LogP contribution in [-0.2, 0) is 6.42 Å². The maximum absolute atomic E-state index is 6.27. The Hall–Kier alpha value is -1.22. The lowest BCUT2D eigenvalue weighted by Gasteiger charge is -2.18. The summed E-state index contributed by atoms with van der Waals surface area (Å²) < 4.78 is 5.30. The van der Waals surface area contributed by atoms with Crippen LogP contribution in [0.25, 0.3) is 0 Å². The fourth-order valence-corrected chi connectivity index (χ4v) is 2.86. The van der Waals surface area contributed by atoms with E-state index >= 15 is 0 Å². The van der Waals surface area contributed by atoms with Crippen LogP contribution < -0.4 is 10.5 Å². The molecular formula is C17H19Cl2NO. The SMILES string of the molecule is COc1ccc(C(CN)Cc2cccc(Cl)c2Cl)cc1C. The van der Waals surface area contributed by atoms with Gasteiger partial charge in [-0.3, -0.25) is 0 Å². The van der Waals surface area contributed by atoms with Gasteiger partial charge < -0.3 is 10.5 Å². The molecule has 2 aromatic carbocycles. The Bertz CT molecular complexity index is 628. The number of rotatable bonds is 5. The van der Waals surface area contributed by atoms with E-state index in [1.165, 1.54) is 5.56 Å². The number of benzene rings is 2. The minimum Gasteiger partial charge on any atom is -0.496 e. The number of hydrogen-bond donors (Lipinski definition) is 1. The van der Waals surface area contributed by atoms with Crippen LogP contribution in [0.15, 0.2) is 36.4 Å². The molecule has 0 aliphatic rings. The highest BCUT2D eigenvalue weighted by Crippen LogP contribution is 2.31. The van der Waals surface area contributed by atoms with Crippen molar-refractivity contribution in [2.45, 2.75) is 19.3 Å². The zero-order valence-corrected chi connectivity index (χ0v) is 13.7. The summed E-state index contributed by atoms with van der Waals surface area (Å²) in [4.78, 5) is 0. The predicted molar refractivity (Wildman–Crippen MR) is 89.7 cm³/mol. The fraction of sp³-hybridized carbons (Fsp3) is 0.294. The highest BCUT2D eigenvalue weighted by atomic mass is 35.5. The summed E-state index contributed by atoms with van der Waals surface area (Å²) >= 11 is 12.3. The summed E-state index contributed by atoms with van der Waals surface area (Å²) in [6.45, 7) is 2.58. The third kappa shape index (κ3) is 3.70. The average Bonchev–Trinajstić information content (AvgIpc) is 2.48. The number of ether oxygens (including phenoxy) is 1. The molecule has 1 atom stereocenters. The molecule has 0 heterocycles. The third-order valence-corrected chi connectivity index (χ3v) is 4.53. The molecule has 4 heteroatoms. The summed E-state index contributed by atoms with van der Waals surface area (Å²) in [5.74, 6) is 1.08. The van der Waals surface area contributed by atoms with Gasteiger partial charge in [-0.25, -0.2) is 0 Å². The number of methoxy groups -OCH3 is 1. The monoisotopic (exact) mass is 323 g/mol. The van der Waals surface area contributed by atoms with Gasteiger partial charge in [-0.15, -0.1) is 0 Å². The molecule has 0 saturated heterocycles. The first-order chi connectivity index (χ1) is 10.1. The molecule has 0 amide bonds. The van der Waals surface area contributed by atoms with Crippen LogP contribution in [0.5, 0.6) is 5.75 Å². The van der Waals surface area contributed by atoms with Gasteiger partial charge in [-0.05, 0) is 48.7 Å². The van der Waals surface area contributed by atoms with Crippen molar-refractivity contribution in [3.8, 4) is 5.75 Å². The van der Waals surface area contributed by atoms with Crippen LogP contribution in [0.3, 0.4) is 0 Å². The molecule has 2 N–H and O–H groups in total. The molecule has 1 unspecified atom stereocenters. The van der Waals surface area contributed by atoms with Crippen molar-refractivity contribution < 1.29 is 4.74 Å². The number of aryl methyl sites for hydroxylation is 1. The standard InChI is InChI=1S/C17H19Cl2NO/c1-11-8-12(6-7-16(11)21-2)14(10-20)9-13-4-3-5-15(18)17(13)19/h3-8,14H,9-10,20H2,1-2H3. The van der Waals surface area contributed by atoms with Gasteiger partial charge in [0, 0.05) is 5.92 Å². The van der Waals surface area contributed by atoms with E-state index in [2.05, 4.69) is 12.1 Å². The van der Waals surface area contributed by atoms with E-state index in [1.807, 2.05) is 25.1 Å². The Morgan fingerprint density at radius 1 is 1.19 bits per heavy atom. The first kappa shape index (κ1) is 16.2. The largest absolute Gasteiger partial charge is 0.496 e. The topological polar surface area (TPSA) is 35.2 Å². The van der Waals surface area contributed by atoms with E-state index in [0.717, 1.165) is 23.3 Å². The zero-order valence-electron chi connectivity index (χ0n) is 12.2. The summed E-state index contributed by atoms with van der Waals surface area (Å²) in [6.07, 6.45) is 0.766. The van der Waals surface area contributed by atoms with E-state index in [-0.39, 0.29) is 5.92 Å². The second kappa shape index (κ2) is 7.17. The Morgan fingerprint density at radius 3 is 2.57 bits per heavy atom. The molecule has 21 heavy (non-hydrogen) atoms. The van der Waals surface area contributed by atoms with Gasteiger partial charge in [-0.2, -0.15) is 0 Å². The number of nitrogens with two attached hydrogens (primary N) is 1. The van der Waals surface area contributed by atoms with Crippen LogP contribution in [0.1, 0.15) is 22.6 Å². The summed E-state index contributed by atoms with van der Waals surface area (Å²) in [7, 11) is 1.67. The molecule has 2 nitrogen and oxygen atoms in total. The zero-order chi connectivity index (χ0) is 15.4. The van der Waals surface area contributed by atoms with Crippen molar-refractivity contribution in [2.75, 3.05) is 13.7 Å². The number of halogens is 2. The summed E-state index contributed by atoms with van der Waals surface area (Å²) in [5, 5.41) is 1.19. The van der Waals surface area contributed by atoms with E-state index < -0.39 is 0 Å². The minimum atomic E-state index is 0.200. The first-order valence-corrected chi connectivity index (χ1v) is 7.60. The van der Waals surface area contributed by atoms with Crippen molar-refractivity contribution in [3.63, 3.8) is 0 Å². The Morgan fingerprint density at radius 2 is 1.95 bits per heavy atom. The van der Waals surface area contributed by atoms with E-state index in [0.29, 0.717) is 16.6 Å². The molecule has 0 spiro atoms. The first-order valence-electron chi connectivity index (χ1n) is 6.84. The molecular weight excluding hydrogens is 305 g/mol. The maximum atomic E-state index is 6.27. The van der Waals surface area contributed by atoms with Crippen LogP contribution in [0.2, 0.25) is 10.0 Å². The maximum Gasteiger partial charge on any atom is 0.121 e. The van der Waals surface area contributed by atoms with Crippen molar-refractivity contribution in [1.82, 2.24) is 0 Å². The molecule has 2 aromatic rings. The highest BCUT2D eigenvalue weighted by molar-refractivity contribution is 6.42. The predicted octanol–water partition coefficient (Wildman–Crippen LogP) is 4.60. The molecule has 0 bridgehead atoms. The highest BCUT2D eigenvalue weighted by Gasteiger charge is 2.15. The second-order valence-electron chi connectivity index (χ2n) is 5.08. The van der Waals surface area contributed by atoms with Crippen LogP contribution >= 0.6 is 23.2 Å². The van der Waals surface area contributed by atoms with E-state index in [4.69, 9.17) is 33.7 Å². The average molecular weight is 324 g/mol. The van der Waals surface area contributed by atoms with Crippen molar-refractivity contribution in [1.29, 1.82) is 0 Å². The molecule has 0 fully saturated rings. The van der Waals surface area contributed by atoms with E-state index in [9.17, 15) is 0 Å². The van der Waals surface area contributed by atoms with Gasteiger partial charge in [0.05, 0.1) is 17.2 Å². The molecule has 0 radical (unpaired) electrons. The number of hydrogen-bond acceptors (Lipinski definition) is 2. The van der Waals surface area contributed by atoms with Gasteiger partial charge in [0.2, 0.25) is 0 Å². The summed E-state index contributed by atoms with van der Waals surface area (Å²) in [6, 6.07) is 11.9. The van der Waals surface area contributed by atoms with Crippen molar-refractivity contribution >= 4 is 23.2 Å². The molecule has 0 saturated carbocycles. The van der Waals surface area contributed by atoms with Gasteiger partial charge >= 0.3 is 0 Å².